The first-order valence-corrected chi connectivity index (χ1v) is 15.3. The summed E-state index contributed by atoms with van der Waals surface area (Å²) in [5.41, 5.74) is 8.34. The van der Waals surface area contributed by atoms with Crippen LogP contribution in [-0.4, -0.2) is 57.8 Å². The number of nitrogens with one attached hydrogen (secondary N) is 3. The summed E-state index contributed by atoms with van der Waals surface area (Å²) < 4.78 is 43.5. The van der Waals surface area contributed by atoms with Gasteiger partial charge < -0.3 is 10.1 Å². The van der Waals surface area contributed by atoms with Gasteiger partial charge in [0.05, 0.1) is 18.0 Å². The number of fused-ring (bicyclic) bond motifs is 1. The van der Waals surface area contributed by atoms with Crippen LogP contribution in [0.4, 0.5) is 4.39 Å². The third-order valence-electron chi connectivity index (χ3n) is 8.32. The number of carbonyl (C=O) groups is 1. The van der Waals surface area contributed by atoms with E-state index in [1.165, 1.54) is 12.3 Å². The van der Waals surface area contributed by atoms with Crippen LogP contribution in [0.5, 0.6) is 5.75 Å². The van der Waals surface area contributed by atoms with Crippen LogP contribution in [0.15, 0.2) is 47.4 Å². The van der Waals surface area contributed by atoms with Gasteiger partial charge in [-0.05, 0) is 74.4 Å². The molecule has 2 saturated heterocycles. The topological polar surface area (TPSA) is 99.8 Å². The highest BCUT2D eigenvalue weighted by Gasteiger charge is 2.43. The Morgan fingerprint density at radius 1 is 1.13 bits per heavy atom. The number of ether oxygens (including phenoxy) is 1. The van der Waals surface area contributed by atoms with E-state index in [9.17, 15) is 17.6 Å². The Kier molecular flexibility index (Phi) is 8.04. The van der Waals surface area contributed by atoms with Gasteiger partial charge in [-0.1, -0.05) is 18.2 Å². The van der Waals surface area contributed by atoms with E-state index in [0.29, 0.717) is 29.3 Å². The lowest BCUT2D eigenvalue weighted by atomic mass is 9.74. The van der Waals surface area contributed by atoms with Crippen molar-refractivity contribution in [2.24, 2.45) is 11.8 Å². The molecule has 10 heteroatoms. The molecule has 1 aliphatic carbocycles. The summed E-state index contributed by atoms with van der Waals surface area (Å²) in [6.07, 6.45) is 5.55. The van der Waals surface area contributed by atoms with E-state index in [1.54, 1.807) is 31.4 Å². The quantitative estimate of drug-likeness (QED) is 0.493. The molecule has 1 saturated carbocycles. The SMILES string of the molecule is COc1cccc(F)c1CN1CCC[C@@H](NC(=O)C2CCC3NNC(c4ccc(S(C)(=O)=O)cc4)C3C2)C1. The van der Waals surface area contributed by atoms with Crippen molar-refractivity contribution in [3.05, 3.63) is 59.4 Å². The number of sulfone groups is 1. The second-order valence-electron chi connectivity index (χ2n) is 10.9. The standard InChI is InChI=1S/C28H37FN4O4S/c1-37-26-7-3-6-24(29)23(26)17-33-14-4-5-20(16-33)30-28(34)19-10-13-25-22(15-19)27(32-31-25)18-8-11-21(12-9-18)38(2,35)36/h3,6-9,11-12,19-20,22,25,27,31-32H,4-5,10,13-17H2,1-2H3,(H,30,34)/t19?,20-,22?,25?,27?/m1/s1. The molecule has 2 aromatic carbocycles. The fourth-order valence-corrected chi connectivity index (χ4v) is 6.92. The van der Waals surface area contributed by atoms with Gasteiger partial charge in [-0.2, -0.15) is 0 Å². The number of hydrazine groups is 1. The van der Waals surface area contributed by atoms with Gasteiger partial charge in [-0.15, -0.1) is 0 Å². The number of halogens is 1. The van der Waals surface area contributed by atoms with Crippen molar-refractivity contribution in [3.8, 4) is 5.75 Å². The number of carbonyl (C=O) groups excluding carboxylic acids is 1. The number of benzene rings is 2. The average molecular weight is 545 g/mol. The van der Waals surface area contributed by atoms with Crippen molar-refractivity contribution in [1.82, 2.24) is 21.1 Å². The summed E-state index contributed by atoms with van der Waals surface area (Å²) in [6.45, 7) is 1.99. The highest BCUT2D eigenvalue weighted by Crippen LogP contribution is 2.40. The van der Waals surface area contributed by atoms with E-state index in [-0.39, 0.29) is 41.7 Å². The molecule has 1 amide bonds. The number of hydrogen-bond donors (Lipinski definition) is 3. The maximum absolute atomic E-state index is 14.5. The lowest BCUT2D eigenvalue weighted by molar-refractivity contribution is -0.127. The second-order valence-corrected chi connectivity index (χ2v) is 12.9. The van der Waals surface area contributed by atoms with Gasteiger partial charge in [0.1, 0.15) is 11.6 Å². The highest BCUT2D eigenvalue weighted by atomic mass is 32.2. The number of rotatable bonds is 7. The van der Waals surface area contributed by atoms with Crippen molar-refractivity contribution >= 4 is 15.7 Å². The van der Waals surface area contributed by atoms with E-state index in [4.69, 9.17) is 4.74 Å². The summed E-state index contributed by atoms with van der Waals surface area (Å²) in [5.74, 6) is 0.536. The molecule has 5 atom stereocenters. The van der Waals surface area contributed by atoms with Crippen molar-refractivity contribution in [2.45, 2.75) is 61.7 Å². The molecule has 0 spiro atoms. The largest absolute Gasteiger partial charge is 0.496 e. The summed E-state index contributed by atoms with van der Waals surface area (Å²) in [6, 6.07) is 12.2. The van der Waals surface area contributed by atoms with E-state index >= 15 is 0 Å². The van der Waals surface area contributed by atoms with Gasteiger partial charge in [-0.25, -0.2) is 18.2 Å². The van der Waals surface area contributed by atoms with Gasteiger partial charge in [-0.3, -0.25) is 15.1 Å². The Labute approximate surface area is 224 Å². The van der Waals surface area contributed by atoms with E-state index in [2.05, 4.69) is 21.1 Å². The monoisotopic (exact) mass is 544 g/mol. The number of nitrogens with zero attached hydrogens (tertiary/aromatic N) is 1. The van der Waals surface area contributed by atoms with E-state index in [0.717, 1.165) is 44.2 Å². The lowest BCUT2D eigenvalue weighted by Crippen LogP contribution is -2.50. The normalized spacial score (nSPS) is 28.0. The van der Waals surface area contributed by atoms with Gasteiger partial charge in [0.25, 0.3) is 0 Å². The molecule has 206 valence electrons. The van der Waals surface area contributed by atoms with E-state index < -0.39 is 9.84 Å². The number of piperidine rings is 1. The van der Waals surface area contributed by atoms with Crippen LogP contribution in [0.3, 0.4) is 0 Å². The fourth-order valence-electron chi connectivity index (χ4n) is 6.29. The van der Waals surface area contributed by atoms with Gasteiger partial charge in [0, 0.05) is 42.9 Å². The first-order valence-electron chi connectivity index (χ1n) is 13.4. The van der Waals surface area contributed by atoms with Crippen molar-refractivity contribution in [3.63, 3.8) is 0 Å². The maximum atomic E-state index is 14.5. The van der Waals surface area contributed by atoms with Gasteiger partial charge in [0.2, 0.25) is 5.91 Å². The number of methoxy groups -OCH3 is 1. The minimum atomic E-state index is -3.25. The van der Waals surface area contributed by atoms with Gasteiger partial charge in [0.15, 0.2) is 9.84 Å². The average Bonchev–Trinajstić information content (AvgIpc) is 3.33. The van der Waals surface area contributed by atoms with Crippen LogP contribution < -0.4 is 20.9 Å². The van der Waals surface area contributed by atoms with Crippen LogP contribution in [0.2, 0.25) is 0 Å². The number of likely N-dealkylation sites (tertiary alicyclic amines) is 1. The molecular formula is C28H37FN4O4S. The summed E-state index contributed by atoms with van der Waals surface area (Å²) in [4.78, 5) is 15.8. The molecule has 0 radical (unpaired) electrons. The zero-order chi connectivity index (χ0) is 26.9. The molecule has 2 aromatic rings. The second kappa shape index (κ2) is 11.3. The summed E-state index contributed by atoms with van der Waals surface area (Å²) >= 11 is 0. The zero-order valence-corrected chi connectivity index (χ0v) is 22.8. The molecule has 3 N–H and O–H groups in total. The molecule has 2 heterocycles. The van der Waals surface area contributed by atoms with Crippen molar-refractivity contribution in [1.29, 1.82) is 0 Å². The first-order chi connectivity index (χ1) is 18.2. The van der Waals surface area contributed by atoms with E-state index in [1.807, 2.05) is 12.1 Å². The first kappa shape index (κ1) is 27.1. The maximum Gasteiger partial charge on any atom is 0.223 e. The lowest BCUT2D eigenvalue weighted by Gasteiger charge is -2.36. The third kappa shape index (κ3) is 5.88. The van der Waals surface area contributed by atoms with Crippen LogP contribution in [0.25, 0.3) is 0 Å². The molecule has 3 aliphatic rings. The van der Waals surface area contributed by atoms with Crippen LogP contribution in [0.1, 0.15) is 49.3 Å². The summed E-state index contributed by atoms with van der Waals surface area (Å²) in [5, 5.41) is 3.29. The molecule has 8 nitrogen and oxygen atoms in total. The Balaban J connectivity index is 1.19. The Morgan fingerprint density at radius 2 is 1.92 bits per heavy atom. The Hall–Kier alpha value is -2.53. The highest BCUT2D eigenvalue weighted by molar-refractivity contribution is 7.90. The molecule has 5 rings (SSSR count). The smallest absolute Gasteiger partial charge is 0.223 e. The Morgan fingerprint density at radius 3 is 2.66 bits per heavy atom. The number of amides is 1. The number of hydrogen-bond acceptors (Lipinski definition) is 7. The van der Waals surface area contributed by atoms with Crippen molar-refractivity contribution in [2.75, 3.05) is 26.5 Å². The van der Waals surface area contributed by atoms with Crippen LogP contribution >= 0.6 is 0 Å². The molecule has 38 heavy (non-hydrogen) atoms. The van der Waals surface area contributed by atoms with Crippen molar-refractivity contribution < 1.29 is 22.3 Å². The predicted octanol–water partition coefficient (Wildman–Crippen LogP) is 2.95. The molecule has 2 aliphatic heterocycles. The zero-order valence-electron chi connectivity index (χ0n) is 22.0. The van der Waals surface area contributed by atoms with Crippen LogP contribution in [0, 0.1) is 17.7 Å². The predicted molar refractivity (Wildman–Crippen MR) is 143 cm³/mol. The summed E-state index contributed by atoms with van der Waals surface area (Å²) in [7, 11) is -1.69. The molecular weight excluding hydrogens is 507 g/mol. The van der Waals surface area contributed by atoms with Gasteiger partial charge >= 0.3 is 0 Å². The minimum Gasteiger partial charge on any atom is -0.496 e. The minimum absolute atomic E-state index is 0.0186. The van der Waals surface area contributed by atoms with Crippen LogP contribution in [-0.2, 0) is 21.2 Å². The Bertz CT molecular complexity index is 1260. The fraction of sp³-hybridized carbons (Fsp3) is 0.536. The molecule has 3 fully saturated rings. The third-order valence-corrected chi connectivity index (χ3v) is 9.45. The molecule has 0 bridgehead atoms. The molecule has 0 aromatic heterocycles. The molecule has 4 unspecified atom stereocenters.